The number of phenols is 1. The number of rotatable bonds is 2. The van der Waals surface area contributed by atoms with Crippen molar-refractivity contribution in [2.75, 3.05) is 7.05 Å². The molecule has 0 amide bonds. The summed E-state index contributed by atoms with van der Waals surface area (Å²) in [4.78, 5) is 0. The molecule has 12 heavy (non-hydrogen) atoms. The van der Waals surface area contributed by atoms with Gasteiger partial charge in [0.15, 0.2) is 0 Å². The minimum absolute atomic E-state index is 0.289. The second-order valence-electron chi connectivity index (χ2n) is 2.72. The topological polar surface area (TPSA) is 32.3 Å². The van der Waals surface area contributed by atoms with Crippen molar-refractivity contribution in [1.82, 2.24) is 5.32 Å². The summed E-state index contributed by atoms with van der Waals surface area (Å²) < 4.78 is 0. The summed E-state index contributed by atoms with van der Waals surface area (Å²) in [5.74, 6) is 0.289. The molecule has 0 unspecified atom stereocenters. The van der Waals surface area contributed by atoms with Crippen LogP contribution in [0.2, 0.25) is 5.02 Å². The summed E-state index contributed by atoms with van der Waals surface area (Å²) in [5.41, 5.74) is 1.61. The van der Waals surface area contributed by atoms with Crippen molar-refractivity contribution in [3.05, 3.63) is 28.3 Å². The van der Waals surface area contributed by atoms with Gasteiger partial charge in [0, 0.05) is 17.1 Å². The Morgan fingerprint density at radius 2 is 2.17 bits per heavy atom. The van der Waals surface area contributed by atoms with Crippen LogP contribution >= 0.6 is 11.6 Å². The number of benzene rings is 1. The Labute approximate surface area is 77.2 Å². The SMILES string of the molecule is CNCc1c(Cl)ccc(C)c1O. The number of hydrogen-bond donors (Lipinski definition) is 2. The van der Waals surface area contributed by atoms with E-state index in [0.29, 0.717) is 11.6 Å². The molecule has 0 atom stereocenters. The Balaban J connectivity index is 3.14. The summed E-state index contributed by atoms with van der Waals surface area (Å²) in [6, 6.07) is 3.60. The molecule has 0 saturated heterocycles. The van der Waals surface area contributed by atoms with Crippen molar-refractivity contribution >= 4 is 11.6 Å². The van der Waals surface area contributed by atoms with Gasteiger partial charge in [-0.2, -0.15) is 0 Å². The number of phenolic OH excluding ortho intramolecular Hbond substituents is 1. The van der Waals surface area contributed by atoms with Gasteiger partial charge in [0.1, 0.15) is 5.75 Å². The van der Waals surface area contributed by atoms with Gasteiger partial charge in [-0.25, -0.2) is 0 Å². The van der Waals surface area contributed by atoms with E-state index in [1.807, 2.05) is 14.0 Å². The molecule has 1 aromatic rings. The van der Waals surface area contributed by atoms with Gasteiger partial charge < -0.3 is 10.4 Å². The quantitative estimate of drug-likeness (QED) is 0.740. The summed E-state index contributed by atoms with van der Waals surface area (Å²) in [6.07, 6.45) is 0. The van der Waals surface area contributed by atoms with Crippen LogP contribution in [0.1, 0.15) is 11.1 Å². The maximum absolute atomic E-state index is 9.59. The van der Waals surface area contributed by atoms with Crippen molar-refractivity contribution in [2.45, 2.75) is 13.5 Å². The fourth-order valence-corrected chi connectivity index (χ4v) is 1.29. The number of halogens is 1. The van der Waals surface area contributed by atoms with E-state index in [-0.39, 0.29) is 5.75 Å². The van der Waals surface area contributed by atoms with Gasteiger partial charge in [0.2, 0.25) is 0 Å². The summed E-state index contributed by atoms with van der Waals surface area (Å²) >= 11 is 5.88. The Bertz CT molecular complexity index is 286. The van der Waals surface area contributed by atoms with Crippen LogP contribution in [0.15, 0.2) is 12.1 Å². The Kier molecular flexibility index (Phi) is 2.95. The summed E-state index contributed by atoms with van der Waals surface area (Å²) in [5, 5.41) is 13.1. The van der Waals surface area contributed by atoms with E-state index in [2.05, 4.69) is 5.32 Å². The monoisotopic (exact) mass is 185 g/mol. The van der Waals surface area contributed by atoms with E-state index < -0.39 is 0 Å². The van der Waals surface area contributed by atoms with Gasteiger partial charge in [-0.3, -0.25) is 0 Å². The van der Waals surface area contributed by atoms with E-state index in [9.17, 15) is 5.11 Å². The molecule has 0 radical (unpaired) electrons. The second kappa shape index (κ2) is 3.78. The van der Waals surface area contributed by atoms with E-state index in [4.69, 9.17) is 11.6 Å². The molecule has 0 fully saturated rings. The minimum Gasteiger partial charge on any atom is -0.507 e. The molecule has 0 spiro atoms. The van der Waals surface area contributed by atoms with E-state index >= 15 is 0 Å². The molecule has 0 aliphatic carbocycles. The first-order valence-corrected chi connectivity index (χ1v) is 4.16. The van der Waals surface area contributed by atoms with Gasteiger partial charge in [-0.05, 0) is 25.6 Å². The van der Waals surface area contributed by atoms with Crippen LogP contribution in [0.25, 0.3) is 0 Å². The van der Waals surface area contributed by atoms with Crippen LogP contribution in [0.5, 0.6) is 5.75 Å². The first-order valence-electron chi connectivity index (χ1n) is 3.78. The molecule has 0 aromatic heterocycles. The van der Waals surface area contributed by atoms with Crippen LogP contribution in [0.3, 0.4) is 0 Å². The highest BCUT2D eigenvalue weighted by Crippen LogP contribution is 2.28. The maximum atomic E-state index is 9.59. The zero-order valence-corrected chi connectivity index (χ0v) is 7.94. The van der Waals surface area contributed by atoms with Crippen LogP contribution in [0.4, 0.5) is 0 Å². The average molecular weight is 186 g/mol. The lowest BCUT2D eigenvalue weighted by Gasteiger charge is -2.08. The van der Waals surface area contributed by atoms with Gasteiger partial charge in [0.25, 0.3) is 0 Å². The third kappa shape index (κ3) is 1.71. The maximum Gasteiger partial charge on any atom is 0.124 e. The summed E-state index contributed by atoms with van der Waals surface area (Å²) in [7, 11) is 1.82. The Morgan fingerprint density at radius 3 is 2.75 bits per heavy atom. The highest BCUT2D eigenvalue weighted by Gasteiger charge is 2.07. The highest BCUT2D eigenvalue weighted by atomic mass is 35.5. The van der Waals surface area contributed by atoms with E-state index in [1.165, 1.54) is 0 Å². The molecule has 1 aromatic carbocycles. The number of hydrogen-bond acceptors (Lipinski definition) is 2. The van der Waals surface area contributed by atoms with Crippen LogP contribution in [-0.4, -0.2) is 12.2 Å². The predicted octanol–water partition coefficient (Wildman–Crippen LogP) is 2.07. The normalized spacial score (nSPS) is 10.2. The largest absolute Gasteiger partial charge is 0.507 e. The zero-order chi connectivity index (χ0) is 9.14. The molecular weight excluding hydrogens is 174 g/mol. The molecule has 0 heterocycles. The lowest BCUT2D eigenvalue weighted by Crippen LogP contribution is -2.06. The zero-order valence-electron chi connectivity index (χ0n) is 7.19. The average Bonchev–Trinajstić information content (AvgIpc) is 2.06. The fourth-order valence-electron chi connectivity index (χ4n) is 1.07. The van der Waals surface area contributed by atoms with Crippen LogP contribution < -0.4 is 5.32 Å². The Morgan fingerprint density at radius 1 is 1.50 bits per heavy atom. The molecule has 0 saturated carbocycles. The molecule has 2 N–H and O–H groups in total. The molecule has 2 nitrogen and oxygen atoms in total. The number of nitrogens with one attached hydrogen (secondary N) is 1. The number of aromatic hydroxyl groups is 1. The van der Waals surface area contributed by atoms with Gasteiger partial charge >= 0.3 is 0 Å². The van der Waals surface area contributed by atoms with E-state index in [1.54, 1.807) is 12.1 Å². The van der Waals surface area contributed by atoms with Crippen LogP contribution in [-0.2, 0) is 6.54 Å². The standard InChI is InChI=1S/C9H12ClNO/c1-6-3-4-8(10)7(5-11-2)9(6)12/h3-4,11-12H,5H2,1-2H3. The summed E-state index contributed by atoms with van der Waals surface area (Å²) in [6.45, 7) is 2.44. The van der Waals surface area contributed by atoms with Gasteiger partial charge in [0.05, 0.1) is 0 Å². The molecule has 0 aliphatic rings. The molecule has 0 bridgehead atoms. The lowest BCUT2D eigenvalue weighted by atomic mass is 10.1. The van der Waals surface area contributed by atoms with Gasteiger partial charge in [-0.1, -0.05) is 17.7 Å². The minimum atomic E-state index is 0.289. The molecule has 1 rings (SSSR count). The molecule has 0 aliphatic heterocycles. The molecular formula is C9H12ClNO. The first-order chi connectivity index (χ1) is 5.66. The van der Waals surface area contributed by atoms with Crippen molar-refractivity contribution in [3.63, 3.8) is 0 Å². The van der Waals surface area contributed by atoms with E-state index in [0.717, 1.165) is 11.1 Å². The first kappa shape index (κ1) is 9.36. The van der Waals surface area contributed by atoms with Crippen LogP contribution in [0, 0.1) is 6.92 Å². The van der Waals surface area contributed by atoms with Crippen molar-refractivity contribution in [3.8, 4) is 5.75 Å². The van der Waals surface area contributed by atoms with Crippen molar-refractivity contribution < 1.29 is 5.11 Å². The van der Waals surface area contributed by atoms with Crippen molar-refractivity contribution in [2.24, 2.45) is 0 Å². The molecule has 3 heteroatoms. The lowest BCUT2D eigenvalue weighted by molar-refractivity contribution is 0.462. The smallest absolute Gasteiger partial charge is 0.124 e. The van der Waals surface area contributed by atoms with Gasteiger partial charge in [-0.15, -0.1) is 0 Å². The Hall–Kier alpha value is -0.730. The highest BCUT2D eigenvalue weighted by molar-refractivity contribution is 6.31. The predicted molar refractivity (Wildman–Crippen MR) is 50.6 cm³/mol. The number of aryl methyl sites for hydroxylation is 1. The third-order valence-corrected chi connectivity index (χ3v) is 2.13. The fraction of sp³-hybridized carbons (Fsp3) is 0.333. The van der Waals surface area contributed by atoms with Crippen molar-refractivity contribution in [1.29, 1.82) is 0 Å². The second-order valence-corrected chi connectivity index (χ2v) is 3.13. The molecule has 66 valence electrons. The third-order valence-electron chi connectivity index (χ3n) is 1.78.